The predicted octanol–water partition coefficient (Wildman–Crippen LogP) is 4.25. The van der Waals surface area contributed by atoms with E-state index in [1.165, 1.54) is 31.9 Å². The summed E-state index contributed by atoms with van der Waals surface area (Å²) in [7, 11) is 1.37. The average Bonchev–Trinajstić information content (AvgIpc) is 3.58. The number of aliphatic hydroxyl groups excluding tert-OH is 1. The molecule has 3 aliphatic heterocycles. The molecular formula is C27H32N2O4S. The number of benzene rings is 1. The van der Waals surface area contributed by atoms with E-state index < -0.39 is 5.97 Å². The molecule has 1 aliphatic carbocycles. The molecule has 2 fully saturated rings. The molecule has 180 valence electrons. The highest BCUT2D eigenvalue weighted by Crippen LogP contribution is 2.55. The van der Waals surface area contributed by atoms with E-state index in [2.05, 4.69) is 31.3 Å². The van der Waals surface area contributed by atoms with Crippen LogP contribution in [0.1, 0.15) is 43.4 Å². The van der Waals surface area contributed by atoms with Crippen molar-refractivity contribution in [1.82, 2.24) is 4.90 Å². The second-order valence-corrected chi connectivity index (χ2v) is 11.0. The number of hydrogen-bond donors (Lipinski definition) is 1. The molecule has 34 heavy (non-hydrogen) atoms. The molecule has 5 rings (SSSR count). The van der Waals surface area contributed by atoms with Gasteiger partial charge in [-0.3, -0.25) is 4.79 Å². The van der Waals surface area contributed by atoms with Crippen LogP contribution >= 0.6 is 11.9 Å². The molecule has 0 bridgehead atoms. The van der Waals surface area contributed by atoms with E-state index in [-0.39, 0.29) is 30.4 Å². The summed E-state index contributed by atoms with van der Waals surface area (Å²) in [5, 5.41) is 9.66. The van der Waals surface area contributed by atoms with Gasteiger partial charge in [-0.05, 0) is 59.7 Å². The monoisotopic (exact) mass is 480 g/mol. The van der Waals surface area contributed by atoms with Crippen LogP contribution < -0.4 is 4.31 Å². The lowest BCUT2D eigenvalue weighted by atomic mass is 9.72. The minimum absolute atomic E-state index is 0.0129. The normalized spacial score (nSPS) is 26.4. The summed E-state index contributed by atoms with van der Waals surface area (Å²) < 4.78 is 7.30. The highest BCUT2D eigenvalue weighted by Gasteiger charge is 2.61. The number of anilines is 1. The largest absolute Gasteiger partial charge is 0.464 e. The maximum atomic E-state index is 13.3. The van der Waals surface area contributed by atoms with Crippen molar-refractivity contribution < 1.29 is 19.4 Å². The number of ether oxygens (including phenoxy) is 1. The molecule has 1 saturated carbocycles. The first-order chi connectivity index (χ1) is 16.3. The number of rotatable bonds is 8. The van der Waals surface area contributed by atoms with Crippen molar-refractivity contribution in [3.63, 3.8) is 0 Å². The second kappa shape index (κ2) is 8.61. The third-order valence-electron chi connectivity index (χ3n) is 8.06. The number of carbonyl (C=O) groups is 2. The number of methoxy groups -OCH3 is 1. The standard InChI is InChI=1S/C27H32N2O4S/c1-6-17-7-10-19(11-12-30)24-22(17)16(4)34-28(24)13-20-15(3)23-21(14(2)18-8-9-18)26(31)29(23)25(20)27(32)33-5/h6-7,10,14-15,18,21,23,30H,1,4,8-9,11-13H2,2-3,5H3. The van der Waals surface area contributed by atoms with Crippen molar-refractivity contribution in [2.45, 2.75) is 39.2 Å². The van der Waals surface area contributed by atoms with Crippen molar-refractivity contribution in [2.24, 2.45) is 23.7 Å². The number of nitrogens with zero attached hydrogens (tertiary/aromatic N) is 2. The average molecular weight is 481 g/mol. The van der Waals surface area contributed by atoms with Crippen molar-refractivity contribution in [2.75, 3.05) is 24.6 Å². The Morgan fingerprint density at radius 3 is 2.74 bits per heavy atom. The third kappa shape index (κ3) is 3.35. The molecule has 0 radical (unpaired) electrons. The molecule has 6 nitrogen and oxygen atoms in total. The Morgan fingerprint density at radius 2 is 2.12 bits per heavy atom. The molecule has 0 aromatic heterocycles. The number of fused-ring (bicyclic) bond motifs is 2. The first-order valence-electron chi connectivity index (χ1n) is 12.0. The Morgan fingerprint density at radius 1 is 1.38 bits per heavy atom. The van der Waals surface area contributed by atoms with Gasteiger partial charge in [-0.25, -0.2) is 4.79 Å². The molecule has 4 unspecified atom stereocenters. The van der Waals surface area contributed by atoms with Gasteiger partial charge < -0.3 is 19.0 Å². The molecular weight excluding hydrogens is 448 g/mol. The number of esters is 1. The number of amides is 1. The summed E-state index contributed by atoms with van der Waals surface area (Å²) in [6.45, 7) is 13.1. The van der Waals surface area contributed by atoms with Crippen LogP contribution in [0.4, 0.5) is 5.69 Å². The van der Waals surface area contributed by atoms with Crippen LogP contribution in [0.5, 0.6) is 0 Å². The van der Waals surface area contributed by atoms with Gasteiger partial charge in [0.05, 0.1) is 31.3 Å². The zero-order valence-electron chi connectivity index (χ0n) is 20.0. The molecule has 1 saturated heterocycles. The molecule has 1 N–H and O–H groups in total. The van der Waals surface area contributed by atoms with E-state index in [1.807, 2.05) is 18.2 Å². The first kappa shape index (κ1) is 23.2. The van der Waals surface area contributed by atoms with Gasteiger partial charge in [0.15, 0.2) is 0 Å². The fraction of sp³-hybridized carbons (Fsp3) is 0.481. The Hall–Kier alpha value is -2.51. The van der Waals surface area contributed by atoms with Crippen LogP contribution in [0.15, 0.2) is 36.6 Å². The van der Waals surface area contributed by atoms with E-state index in [4.69, 9.17) is 4.74 Å². The summed E-state index contributed by atoms with van der Waals surface area (Å²) in [6.07, 6.45) is 4.73. The zero-order chi connectivity index (χ0) is 24.3. The number of hydrogen-bond acceptors (Lipinski definition) is 6. The molecule has 4 aliphatic rings. The maximum absolute atomic E-state index is 13.3. The molecule has 7 heteroatoms. The van der Waals surface area contributed by atoms with E-state index in [0.29, 0.717) is 30.5 Å². The number of aliphatic hydroxyl groups is 1. The van der Waals surface area contributed by atoms with Crippen molar-refractivity contribution in [3.05, 3.63) is 53.3 Å². The predicted molar refractivity (Wildman–Crippen MR) is 136 cm³/mol. The minimum Gasteiger partial charge on any atom is -0.464 e. The lowest BCUT2D eigenvalue weighted by Gasteiger charge is -2.48. The smallest absolute Gasteiger partial charge is 0.354 e. The van der Waals surface area contributed by atoms with Crippen LogP contribution in [0, 0.1) is 23.7 Å². The first-order valence-corrected chi connectivity index (χ1v) is 12.8. The molecule has 1 aromatic carbocycles. The quantitative estimate of drug-likeness (QED) is 0.341. The fourth-order valence-electron chi connectivity index (χ4n) is 6.11. The Bertz CT molecular complexity index is 1120. The van der Waals surface area contributed by atoms with Gasteiger partial charge >= 0.3 is 5.97 Å². The maximum Gasteiger partial charge on any atom is 0.354 e. The van der Waals surface area contributed by atoms with Gasteiger partial charge in [0.1, 0.15) is 5.70 Å². The molecule has 4 atom stereocenters. The van der Waals surface area contributed by atoms with Gasteiger partial charge in [0.25, 0.3) is 0 Å². The van der Waals surface area contributed by atoms with Gasteiger partial charge in [-0.15, -0.1) is 0 Å². The summed E-state index contributed by atoms with van der Waals surface area (Å²) in [5.41, 5.74) is 5.40. The highest BCUT2D eigenvalue weighted by atomic mass is 32.2. The van der Waals surface area contributed by atoms with Crippen molar-refractivity contribution in [3.8, 4) is 0 Å². The summed E-state index contributed by atoms with van der Waals surface area (Å²) in [6, 6.07) is 4.05. The van der Waals surface area contributed by atoms with Crippen LogP contribution in [-0.2, 0) is 20.7 Å². The SMILES string of the molecule is C=Cc1ccc(CCO)c2c1C(=C)SN2CC1=C(C(=O)OC)N2C(=O)C(C(C)C3CC3)C2C1C. The van der Waals surface area contributed by atoms with Crippen LogP contribution in [0.25, 0.3) is 11.0 Å². The number of carbonyl (C=O) groups excluding carboxylic acids is 2. The summed E-state index contributed by atoms with van der Waals surface area (Å²) >= 11 is 1.54. The molecule has 1 aromatic rings. The lowest BCUT2D eigenvalue weighted by molar-refractivity contribution is -0.161. The van der Waals surface area contributed by atoms with Gasteiger partial charge in [-0.2, -0.15) is 0 Å². The van der Waals surface area contributed by atoms with Crippen LogP contribution in [0.2, 0.25) is 0 Å². The Labute approximate surface area is 205 Å². The third-order valence-corrected chi connectivity index (χ3v) is 9.02. The van der Waals surface area contributed by atoms with Crippen LogP contribution in [-0.4, -0.2) is 48.2 Å². The van der Waals surface area contributed by atoms with E-state index in [0.717, 1.165) is 32.9 Å². The van der Waals surface area contributed by atoms with Crippen molar-refractivity contribution >= 4 is 40.5 Å². The Kier molecular flexibility index (Phi) is 5.89. The summed E-state index contributed by atoms with van der Waals surface area (Å²) in [4.78, 5) is 28.8. The highest BCUT2D eigenvalue weighted by molar-refractivity contribution is 8.10. The topological polar surface area (TPSA) is 70.1 Å². The number of β-lactam (4-membered cyclic amide) rings is 1. The van der Waals surface area contributed by atoms with Gasteiger partial charge in [0.2, 0.25) is 5.91 Å². The van der Waals surface area contributed by atoms with E-state index in [9.17, 15) is 14.7 Å². The van der Waals surface area contributed by atoms with Gasteiger partial charge in [0, 0.05) is 23.0 Å². The van der Waals surface area contributed by atoms with E-state index >= 15 is 0 Å². The van der Waals surface area contributed by atoms with Crippen molar-refractivity contribution in [1.29, 1.82) is 0 Å². The lowest BCUT2D eigenvalue weighted by Crippen LogP contribution is -2.62. The second-order valence-electron chi connectivity index (χ2n) is 9.84. The van der Waals surface area contributed by atoms with Crippen LogP contribution in [0.3, 0.4) is 0 Å². The molecule has 1 amide bonds. The zero-order valence-corrected chi connectivity index (χ0v) is 20.9. The van der Waals surface area contributed by atoms with Gasteiger partial charge in [-0.1, -0.05) is 45.2 Å². The fourth-order valence-corrected chi connectivity index (χ4v) is 7.18. The summed E-state index contributed by atoms with van der Waals surface area (Å²) in [5.74, 6) is 0.582. The van der Waals surface area contributed by atoms with E-state index in [1.54, 1.807) is 4.90 Å². The molecule has 0 spiro atoms. The molecule has 3 heterocycles. The Balaban J connectivity index is 1.53. The minimum atomic E-state index is -0.450.